The SMILES string of the molecule is CC1(C)c2ccccc2-c2cc3c(cc21)N(c1ccc2cc4cc(N5c6ccccc6N(c6ccccc6)c6ccccc65)ccc4cc2c1)c1ccccc1N3c1ccccc1. The number of fused-ring (bicyclic) bond motifs is 9. The molecule has 0 radical (unpaired) electrons. The summed E-state index contributed by atoms with van der Waals surface area (Å²) in [6, 6.07) is 80.3. The van der Waals surface area contributed by atoms with Gasteiger partial charge in [0.05, 0.1) is 45.5 Å². The van der Waals surface area contributed by atoms with E-state index in [1.54, 1.807) is 0 Å². The van der Waals surface area contributed by atoms with Crippen molar-refractivity contribution in [1.82, 2.24) is 0 Å². The molecule has 0 unspecified atom stereocenters. The molecule has 63 heavy (non-hydrogen) atoms. The van der Waals surface area contributed by atoms with Crippen molar-refractivity contribution >= 4 is 89.8 Å². The molecule has 10 aromatic rings. The zero-order valence-corrected chi connectivity index (χ0v) is 35.1. The van der Waals surface area contributed by atoms with Gasteiger partial charge in [-0.05, 0) is 153 Å². The molecule has 4 nitrogen and oxygen atoms in total. The molecule has 0 saturated carbocycles. The molecule has 3 aliphatic rings. The summed E-state index contributed by atoms with van der Waals surface area (Å²) < 4.78 is 0. The van der Waals surface area contributed by atoms with Gasteiger partial charge in [0, 0.05) is 28.2 Å². The second-order valence-electron chi connectivity index (χ2n) is 17.5. The predicted octanol–water partition coefficient (Wildman–Crippen LogP) is 16.8. The minimum atomic E-state index is -0.137. The Hall–Kier alpha value is -8.08. The van der Waals surface area contributed by atoms with Gasteiger partial charge in [0.25, 0.3) is 0 Å². The Morgan fingerprint density at radius 3 is 1.13 bits per heavy atom. The lowest BCUT2D eigenvalue weighted by atomic mass is 9.82. The largest absolute Gasteiger partial charge is 0.306 e. The molecule has 10 aromatic carbocycles. The third-order valence-corrected chi connectivity index (χ3v) is 13.6. The molecule has 4 heteroatoms. The van der Waals surface area contributed by atoms with E-state index in [0.717, 1.165) is 56.9 Å². The summed E-state index contributed by atoms with van der Waals surface area (Å²) in [4.78, 5) is 9.72. The lowest BCUT2D eigenvalue weighted by Gasteiger charge is -2.41. The van der Waals surface area contributed by atoms with Gasteiger partial charge in [-0.25, -0.2) is 0 Å². The van der Waals surface area contributed by atoms with Gasteiger partial charge in [-0.15, -0.1) is 0 Å². The van der Waals surface area contributed by atoms with Crippen LogP contribution in [0, 0.1) is 0 Å². The van der Waals surface area contributed by atoms with Crippen LogP contribution in [-0.2, 0) is 5.41 Å². The first-order chi connectivity index (χ1) is 31.0. The normalized spacial score (nSPS) is 14.2. The Morgan fingerprint density at radius 2 is 0.635 bits per heavy atom. The highest BCUT2D eigenvalue weighted by Crippen LogP contribution is 2.60. The van der Waals surface area contributed by atoms with Gasteiger partial charge in [0.15, 0.2) is 0 Å². The molecule has 0 N–H and O–H groups in total. The fraction of sp³-hybridized carbons (Fsp3) is 0.0508. The van der Waals surface area contributed by atoms with Gasteiger partial charge in [-0.1, -0.05) is 123 Å². The second kappa shape index (κ2) is 13.5. The average molecular weight is 807 g/mol. The molecule has 0 saturated heterocycles. The van der Waals surface area contributed by atoms with Gasteiger partial charge < -0.3 is 19.6 Å². The van der Waals surface area contributed by atoms with E-state index in [2.05, 4.69) is 252 Å². The molecule has 2 heterocycles. The standard InChI is InChI=1S/C59H42N4/c1-59(2)49-22-10-9-21-47(49)48-37-57-58(38-50(48)59)63(56-28-16-13-25-53(56)61(57)44-19-7-4-8-20-44)46-32-30-40-33-41-35-45(31-29-39(41)34-42(40)36-46)62-54-26-14-11-23-51(54)60(43-17-5-3-6-18-43)52-24-12-15-27-55(52)62/h3-38H,1-2H3. The van der Waals surface area contributed by atoms with Crippen LogP contribution in [0.5, 0.6) is 0 Å². The van der Waals surface area contributed by atoms with Crippen molar-refractivity contribution in [2.75, 3.05) is 19.6 Å². The van der Waals surface area contributed by atoms with Crippen molar-refractivity contribution in [1.29, 1.82) is 0 Å². The van der Waals surface area contributed by atoms with Crippen LogP contribution in [-0.4, -0.2) is 0 Å². The quantitative estimate of drug-likeness (QED) is 0.164. The Bertz CT molecular complexity index is 3420. The van der Waals surface area contributed by atoms with Crippen molar-refractivity contribution in [3.8, 4) is 11.1 Å². The molecule has 0 fully saturated rings. The Morgan fingerprint density at radius 1 is 0.254 bits per heavy atom. The summed E-state index contributed by atoms with van der Waals surface area (Å²) >= 11 is 0. The Labute approximate surface area is 367 Å². The van der Waals surface area contributed by atoms with E-state index in [4.69, 9.17) is 0 Å². The lowest BCUT2D eigenvalue weighted by Crippen LogP contribution is -2.25. The maximum atomic E-state index is 2.49. The van der Waals surface area contributed by atoms with Crippen LogP contribution in [0.4, 0.5) is 68.2 Å². The summed E-state index contributed by atoms with van der Waals surface area (Å²) in [5.41, 5.74) is 19.0. The number of anilines is 12. The van der Waals surface area contributed by atoms with Crippen LogP contribution in [0.25, 0.3) is 32.7 Å². The smallest absolute Gasteiger partial charge is 0.0709 e. The van der Waals surface area contributed by atoms with Crippen molar-refractivity contribution in [3.63, 3.8) is 0 Å². The maximum Gasteiger partial charge on any atom is 0.0709 e. The first kappa shape index (κ1) is 35.7. The summed E-state index contributed by atoms with van der Waals surface area (Å²) in [6.07, 6.45) is 0. The fourth-order valence-corrected chi connectivity index (χ4v) is 10.6. The van der Waals surface area contributed by atoms with Crippen LogP contribution in [0.3, 0.4) is 0 Å². The summed E-state index contributed by atoms with van der Waals surface area (Å²) in [5, 5.41) is 4.83. The molecular weight excluding hydrogens is 765 g/mol. The van der Waals surface area contributed by atoms with Gasteiger partial charge in [-0.3, -0.25) is 0 Å². The number of nitrogens with zero attached hydrogens (tertiary/aromatic N) is 4. The zero-order chi connectivity index (χ0) is 41.8. The van der Waals surface area contributed by atoms with Crippen LogP contribution >= 0.6 is 0 Å². The van der Waals surface area contributed by atoms with Gasteiger partial charge in [-0.2, -0.15) is 0 Å². The number of para-hydroxylation sites is 8. The minimum Gasteiger partial charge on any atom is -0.306 e. The first-order valence-corrected chi connectivity index (χ1v) is 21.8. The molecule has 0 bridgehead atoms. The van der Waals surface area contributed by atoms with E-state index >= 15 is 0 Å². The third-order valence-electron chi connectivity index (χ3n) is 13.6. The Balaban J connectivity index is 0.949. The van der Waals surface area contributed by atoms with E-state index in [-0.39, 0.29) is 5.41 Å². The topological polar surface area (TPSA) is 13.0 Å². The zero-order valence-electron chi connectivity index (χ0n) is 35.1. The minimum absolute atomic E-state index is 0.137. The number of hydrogen-bond donors (Lipinski definition) is 0. The second-order valence-corrected chi connectivity index (χ2v) is 17.5. The number of hydrogen-bond acceptors (Lipinski definition) is 4. The van der Waals surface area contributed by atoms with Gasteiger partial charge in [0.1, 0.15) is 0 Å². The molecule has 2 aliphatic heterocycles. The highest BCUT2D eigenvalue weighted by atomic mass is 15.3. The molecule has 0 atom stereocenters. The third kappa shape index (κ3) is 5.28. The van der Waals surface area contributed by atoms with Crippen molar-refractivity contribution < 1.29 is 0 Å². The van der Waals surface area contributed by atoms with E-state index in [1.165, 1.54) is 55.2 Å². The molecule has 298 valence electrons. The van der Waals surface area contributed by atoms with Crippen LogP contribution in [0.1, 0.15) is 25.0 Å². The summed E-state index contributed by atoms with van der Waals surface area (Å²) in [6.45, 7) is 4.74. The van der Waals surface area contributed by atoms with Gasteiger partial charge >= 0.3 is 0 Å². The summed E-state index contributed by atoms with van der Waals surface area (Å²) in [5.74, 6) is 0. The molecular formula is C59H42N4. The van der Waals surface area contributed by atoms with Crippen LogP contribution in [0.2, 0.25) is 0 Å². The number of benzene rings is 10. The van der Waals surface area contributed by atoms with E-state index in [0.29, 0.717) is 0 Å². The van der Waals surface area contributed by atoms with Gasteiger partial charge in [0.2, 0.25) is 0 Å². The highest BCUT2D eigenvalue weighted by Gasteiger charge is 2.40. The van der Waals surface area contributed by atoms with Crippen molar-refractivity contribution in [2.45, 2.75) is 19.3 Å². The van der Waals surface area contributed by atoms with Crippen molar-refractivity contribution in [2.24, 2.45) is 0 Å². The number of rotatable bonds is 4. The predicted molar refractivity (Wildman–Crippen MR) is 265 cm³/mol. The molecule has 1 aliphatic carbocycles. The average Bonchev–Trinajstić information content (AvgIpc) is 3.56. The van der Waals surface area contributed by atoms with E-state index in [1.807, 2.05) is 0 Å². The van der Waals surface area contributed by atoms with Crippen molar-refractivity contribution in [3.05, 3.63) is 230 Å². The maximum absolute atomic E-state index is 2.49. The Kier molecular flexibility index (Phi) is 7.62. The molecule has 13 rings (SSSR count). The molecule has 0 amide bonds. The summed E-state index contributed by atoms with van der Waals surface area (Å²) in [7, 11) is 0. The van der Waals surface area contributed by atoms with Crippen LogP contribution in [0.15, 0.2) is 218 Å². The molecule has 0 spiro atoms. The van der Waals surface area contributed by atoms with E-state index < -0.39 is 0 Å². The highest BCUT2D eigenvalue weighted by molar-refractivity contribution is 6.08. The first-order valence-electron chi connectivity index (χ1n) is 21.8. The monoisotopic (exact) mass is 806 g/mol. The van der Waals surface area contributed by atoms with E-state index in [9.17, 15) is 0 Å². The fourth-order valence-electron chi connectivity index (χ4n) is 10.6. The van der Waals surface area contributed by atoms with Crippen LogP contribution < -0.4 is 19.6 Å². The lowest BCUT2D eigenvalue weighted by molar-refractivity contribution is 0.660. The molecule has 0 aromatic heterocycles.